The molecule has 1 heterocycles. The normalized spacial score (nSPS) is 14.2. The van der Waals surface area contributed by atoms with Crippen molar-refractivity contribution in [3.05, 3.63) is 41.6 Å². The quantitative estimate of drug-likeness (QED) is 0.241. The monoisotopic (exact) mass is 384 g/mol. The van der Waals surface area contributed by atoms with E-state index in [4.69, 9.17) is 4.74 Å². The molecule has 8 heteroatoms. The number of amides is 2. The van der Waals surface area contributed by atoms with Crippen LogP contribution in [0.4, 0.5) is 5.69 Å². The molecule has 0 bridgehead atoms. The predicted octanol–water partition coefficient (Wildman–Crippen LogP) is 1.76. The van der Waals surface area contributed by atoms with Gasteiger partial charge in [0.05, 0.1) is 17.9 Å². The van der Waals surface area contributed by atoms with Gasteiger partial charge in [-0.05, 0) is 18.6 Å². The van der Waals surface area contributed by atoms with E-state index in [1.165, 1.54) is 6.20 Å². The molecule has 1 saturated heterocycles. The Morgan fingerprint density at radius 1 is 1.21 bits per heavy atom. The van der Waals surface area contributed by atoms with Crippen molar-refractivity contribution in [2.24, 2.45) is 0 Å². The lowest BCUT2D eigenvalue weighted by Crippen LogP contribution is -2.43. The third kappa shape index (κ3) is 5.84. The fourth-order valence-corrected chi connectivity index (χ4v) is 2.64. The summed E-state index contributed by atoms with van der Waals surface area (Å²) < 4.78 is 5.21. The molecular weight excluding hydrogens is 360 g/mol. The van der Waals surface area contributed by atoms with Crippen LogP contribution in [0.3, 0.4) is 0 Å². The van der Waals surface area contributed by atoms with Crippen molar-refractivity contribution in [1.29, 1.82) is 5.26 Å². The second-order valence-electron chi connectivity index (χ2n) is 6.32. The molecule has 148 valence electrons. The van der Waals surface area contributed by atoms with E-state index in [0.717, 1.165) is 19.3 Å². The third-order valence-electron chi connectivity index (χ3n) is 4.30. The van der Waals surface area contributed by atoms with E-state index >= 15 is 0 Å². The molecule has 0 radical (unpaired) electrons. The summed E-state index contributed by atoms with van der Waals surface area (Å²) in [4.78, 5) is 39.0. The first-order valence-electron chi connectivity index (χ1n) is 9.21. The molecule has 28 heavy (non-hydrogen) atoms. The number of anilines is 1. The van der Waals surface area contributed by atoms with E-state index in [1.54, 1.807) is 29.2 Å². The molecule has 2 amide bonds. The maximum atomic E-state index is 12.5. The zero-order chi connectivity index (χ0) is 20.4. The van der Waals surface area contributed by atoms with Crippen molar-refractivity contribution in [3.63, 3.8) is 0 Å². The average Bonchev–Trinajstić information content (AvgIpc) is 2.72. The first kappa shape index (κ1) is 21.0. The van der Waals surface area contributed by atoms with Gasteiger partial charge in [0.15, 0.2) is 0 Å². The molecule has 0 aromatic heterocycles. The minimum Gasteiger partial charge on any atom is -0.462 e. The van der Waals surface area contributed by atoms with Crippen molar-refractivity contribution in [1.82, 2.24) is 9.80 Å². The molecule has 0 spiro atoms. The predicted molar refractivity (Wildman–Crippen MR) is 103 cm³/mol. The van der Waals surface area contributed by atoms with Gasteiger partial charge in [-0.25, -0.2) is 4.79 Å². The number of nitriles is 1. The van der Waals surface area contributed by atoms with Gasteiger partial charge in [0.1, 0.15) is 11.6 Å². The van der Waals surface area contributed by atoms with Crippen LogP contribution in [0.1, 0.15) is 30.1 Å². The van der Waals surface area contributed by atoms with Gasteiger partial charge in [0.25, 0.3) is 5.91 Å². The van der Waals surface area contributed by atoms with Crippen LogP contribution in [0.15, 0.2) is 36.0 Å². The van der Waals surface area contributed by atoms with Crippen LogP contribution in [0, 0.1) is 11.3 Å². The first-order valence-corrected chi connectivity index (χ1v) is 9.21. The number of hydrogen-bond acceptors (Lipinski definition) is 6. The molecule has 2 rings (SSSR count). The van der Waals surface area contributed by atoms with Crippen LogP contribution < -0.4 is 5.32 Å². The standard InChI is InChI=1S/C20H24N4O4/c1-2-3-12-28-20(27)17-6-4-5-7-18(17)22-19(26)16(13-21)14-23-8-10-24(15-25)11-9-23/h4-7,14-15H,2-3,8-12H2,1H3,(H,22,26)/b16-14-. The third-order valence-corrected chi connectivity index (χ3v) is 4.30. The Kier molecular flexibility index (Phi) is 8.03. The Morgan fingerprint density at radius 3 is 2.54 bits per heavy atom. The number of ether oxygens (including phenoxy) is 1. The number of rotatable bonds is 8. The lowest BCUT2D eigenvalue weighted by atomic mass is 10.1. The van der Waals surface area contributed by atoms with Crippen molar-refractivity contribution in [2.75, 3.05) is 38.1 Å². The number of unbranched alkanes of at least 4 members (excludes halogenated alkanes) is 1. The number of esters is 1. The van der Waals surface area contributed by atoms with Gasteiger partial charge in [0, 0.05) is 32.4 Å². The molecule has 1 aliphatic rings. The van der Waals surface area contributed by atoms with Gasteiger partial charge in [-0.15, -0.1) is 0 Å². The van der Waals surface area contributed by atoms with Crippen LogP contribution in [0.25, 0.3) is 0 Å². The molecule has 8 nitrogen and oxygen atoms in total. The molecule has 1 aromatic carbocycles. The Balaban J connectivity index is 2.06. The summed E-state index contributed by atoms with van der Waals surface area (Å²) in [5.74, 6) is -1.12. The Bertz CT molecular complexity index is 777. The van der Waals surface area contributed by atoms with E-state index in [0.29, 0.717) is 38.5 Å². The second-order valence-corrected chi connectivity index (χ2v) is 6.32. The van der Waals surface area contributed by atoms with E-state index in [9.17, 15) is 19.6 Å². The minimum absolute atomic E-state index is 0.0753. The van der Waals surface area contributed by atoms with Crippen molar-refractivity contribution < 1.29 is 19.1 Å². The molecular formula is C20H24N4O4. The number of benzene rings is 1. The van der Waals surface area contributed by atoms with Gasteiger partial charge in [-0.1, -0.05) is 25.5 Å². The molecule has 1 aromatic rings. The smallest absolute Gasteiger partial charge is 0.340 e. The van der Waals surface area contributed by atoms with Crippen molar-refractivity contribution in [2.45, 2.75) is 19.8 Å². The highest BCUT2D eigenvalue weighted by atomic mass is 16.5. The van der Waals surface area contributed by atoms with E-state index in [1.807, 2.05) is 17.9 Å². The summed E-state index contributed by atoms with van der Waals surface area (Å²) in [5.41, 5.74) is 0.457. The lowest BCUT2D eigenvalue weighted by Gasteiger charge is -2.31. The number of para-hydroxylation sites is 1. The Labute approximate surface area is 164 Å². The van der Waals surface area contributed by atoms with Crippen LogP contribution in [0.2, 0.25) is 0 Å². The lowest BCUT2D eigenvalue weighted by molar-refractivity contribution is -0.119. The van der Waals surface area contributed by atoms with Crippen LogP contribution in [-0.2, 0) is 14.3 Å². The van der Waals surface area contributed by atoms with E-state index in [2.05, 4.69) is 5.32 Å². The fourth-order valence-electron chi connectivity index (χ4n) is 2.64. The number of nitrogens with one attached hydrogen (secondary N) is 1. The highest BCUT2D eigenvalue weighted by molar-refractivity contribution is 6.09. The summed E-state index contributed by atoms with van der Waals surface area (Å²) in [5, 5.41) is 12.0. The molecule has 1 N–H and O–H groups in total. The molecule has 1 aliphatic heterocycles. The highest BCUT2D eigenvalue weighted by Crippen LogP contribution is 2.17. The number of carbonyl (C=O) groups is 3. The molecule has 0 aliphatic carbocycles. The number of piperazine rings is 1. The zero-order valence-electron chi connectivity index (χ0n) is 15.9. The summed E-state index contributed by atoms with van der Waals surface area (Å²) >= 11 is 0. The van der Waals surface area contributed by atoms with Crippen molar-refractivity contribution >= 4 is 24.0 Å². The summed E-state index contributed by atoms with van der Waals surface area (Å²) in [7, 11) is 0. The minimum atomic E-state index is -0.603. The molecule has 0 saturated carbocycles. The summed E-state index contributed by atoms with van der Waals surface area (Å²) in [6, 6.07) is 8.42. The Morgan fingerprint density at radius 2 is 1.89 bits per heavy atom. The molecule has 1 fully saturated rings. The Hall–Kier alpha value is -3.34. The van der Waals surface area contributed by atoms with E-state index < -0.39 is 11.9 Å². The molecule has 0 unspecified atom stereocenters. The van der Waals surface area contributed by atoms with Crippen LogP contribution >= 0.6 is 0 Å². The number of hydrogen-bond donors (Lipinski definition) is 1. The topological polar surface area (TPSA) is 103 Å². The van der Waals surface area contributed by atoms with Gasteiger partial charge < -0.3 is 19.9 Å². The number of nitrogens with zero attached hydrogens (tertiary/aromatic N) is 3. The van der Waals surface area contributed by atoms with Gasteiger partial charge in [0.2, 0.25) is 6.41 Å². The number of carbonyl (C=O) groups excluding carboxylic acids is 3. The highest BCUT2D eigenvalue weighted by Gasteiger charge is 2.19. The van der Waals surface area contributed by atoms with E-state index in [-0.39, 0.29) is 11.1 Å². The van der Waals surface area contributed by atoms with Crippen LogP contribution in [0.5, 0.6) is 0 Å². The molecule has 0 atom stereocenters. The largest absolute Gasteiger partial charge is 0.462 e. The van der Waals surface area contributed by atoms with Gasteiger partial charge in [-0.3, -0.25) is 9.59 Å². The van der Waals surface area contributed by atoms with Gasteiger partial charge >= 0.3 is 5.97 Å². The second kappa shape index (κ2) is 10.7. The van der Waals surface area contributed by atoms with Gasteiger partial charge in [-0.2, -0.15) is 5.26 Å². The van der Waals surface area contributed by atoms with Crippen molar-refractivity contribution in [3.8, 4) is 6.07 Å². The zero-order valence-corrected chi connectivity index (χ0v) is 15.9. The van der Waals surface area contributed by atoms with Crippen LogP contribution in [-0.4, -0.2) is 60.9 Å². The summed E-state index contributed by atoms with van der Waals surface area (Å²) in [6.07, 6.45) is 3.94. The SMILES string of the molecule is CCCCOC(=O)c1ccccc1NC(=O)/C(C#N)=C\N1CCN(C=O)CC1. The maximum absolute atomic E-state index is 12.5. The fraction of sp³-hybridized carbons (Fsp3) is 0.400. The maximum Gasteiger partial charge on any atom is 0.340 e. The average molecular weight is 384 g/mol. The first-order chi connectivity index (χ1) is 13.6. The summed E-state index contributed by atoms with van der Waals surface area (Å²) in [6.45, 7) is 4.46.